The van der Waals surface area contributed by atoms with Crippen LogP contribution >= 0.6 is 0 Å². The first-order valence-electron chi connectivity index (χ1n) is 17.0. The number of piperidine rings is 1. The molecule has 8 heteroatoms. The Kier molecular flexibility index (Phi) is 10.3. The Hall–Kier alpha value is -3.49. The molecule has 1 saturated heterocycles. The zero-order chi connectivity index (χ0) is 34.1. The largest absolute Gasteiger partial charge is 0.490 e. The van der Waals surface area contributed by atoms with Crippen molar-refractivity contribution >= 4 is 11.7 Å². The molecule has 47 heavy (non-hydrogen) atoms. The van der Waals surface area contributed by atoms with Gasteiger partial charge in [0.15, 0.2) is 6.10 Å². The number of ether oxygens (including phenoxy) is 3. The van der Waals surface area contributed by atoms with Gasteiger partial charge in [0.05, 0.1) is 29.7 Å². The molecule has 2 aliphatic heterocycles. The number of carbonyl (C=O) groups is 1. The predicted molar refractivity (Wildman–Crippen MR) is 183 cm³/mol. The molecule has 0 bridgehead atoms. The lowest BCUT2D eigenvalue weighted by Crippen LogP contribution is -2.39. The van der Waals surface area contributed by atoms with Crippen molar-refractivity contribution in [2.75, 3.05) is 18.0 Å². The summed E-state index contributed by atoms with van der Waals surface area (Å²) in [6.45, 7) is 17.3. The Balaban J connectivity index is 1.62. The van der Waals surface area contributed by atoms with Crippen LogP contribution in [-0.4, -0.2) is 47.0 Å². The topological polar surface area (TPSA) is 81.1 Å². The molecule has 1 aromatic heterocycles. The lowest BCUT2D eigenvalue weighted by atomic mass is 9.81. The van der Waals surface area contributed by atoms with Crippen molar-refractivity contribution in [3.05, 3.63) is 76.4 Å². The molecule has 3 aromatic rings. The number of aromatic nitrogens is 1. The van der Waals surface area contributed by atoms with Crippen LogP contribution in [0.2, 0.25) is 0 Å². The molecule has 0 unspecified atom stereocenters. The van der Waals surface area contributed by atoms with Crippen LogP contribution in [0.25, 0.3) is 11.1 Å². The smallest absolute Gasteiger partial charge is 0.340 e. The van der Waals surface area contributed by atoms with Crippen LogP contribution in [0.3, 0.4) is 0 Å². The summed E-state index contributed by atoms with van der Waals surface area (Å²) in [6, 6.07) is 12.8. The normalized spacial score (nSPS) is 18.4. The molecule has 0 saturated carbocycles. The fraction of sp³-hybridized carbons (Fsp3) is 0.538. The van der Waals surface area contributed by atoms with Crippen molar-refractivity contribution in [2.24, 2.45) is 5.41 Å². The number of rotatable bonds is 9. The zero-order valence-corrected chi connectivity index (χ0v) is 29.3. The van der Waals surface area contributed by atoms with Crippen LogP contribution in [0.5, 0.6) is 5.75 Å². The summed E-state index contributed by atoms with van der Waals surface area (Å²) in [6.07, 6.45) is 2.99. The second kappa shape index (κ2) is 13.9. The first-order valence-corrected chi connectivity index (χ1v) is 17.0. The summed E-state index contributed by atoms with van der Waals surface area (Å²) in [7, 11) is 0. The highest BCUT2D eigenvalue weighted by molar-refractivity contribution is 5.89. The summed E-state index contributed by atoms with van der Waals surface area (Å²) < 4.78 is 32.2. The molecule has 2 atom stereocenters. The molecule has 5 rings (SSSR count). The van der Waals surface area contributed by atoms with Crippen molar-refractivity contribution in [3.8, 4) is 16.9 Å². The van der Waals surface area contributed by atoms with E-state index in [1.165, 1.54) is 12.1 Å². The monoisotopic (exact) mass is 646 g/mol. The highest BCUT2D eigenvalue weighted by Crippen LogP contribution is 2.46. The maximum atomic E-state index is 13.8. The minimum Gasteiger partial charge on any atom is -0.490 e. The number of nitrogens with zero attached hydrogens (tertiary/aromatic N) is 2. The third kappa shape index (κ3) is 8.33. The number of aryl methyl sites for hydroxylation is 2. The van der Waals surface area contributed by atoms with Gasteiger partial charge in [-0.1, -0.05) is 32.0 Å². The van der Waals surface area contributed by atoms with Gasteiger partial charge in [0.25, 0.3) is 0 Å². The van der Waals surface area contributed by atoms with Crippen LogP contribution in [0, 0.1) is 18.2 Å². The van der Waals surface area contributed by atoms with E-state index in [0.29, 0.717) is 23.4 Å². The van der Waals surface area contributed by atoms with Crippen LogP contribution in [0.1, 0.15) is 102 Å². The van der Waals surface area contributed by atoms with Gasteiger partial charge in [0.2, 0.25) is 0 Å². The molecule has 1 fully saturated rings. The van der Waals surface area contributed by atoms with Gasteiger partial charge >= 0.3 is 5.97 Å². The summed E-state index contributed by atoms with van der Waals surface area (Å²) in [5, 5.41) is 10.7. The Morgan fingerprint density at radius 3 is 2.43 bits per heavy atom. The fourth-order valence-electron chi connectivity index (χ4n) is 6.66. The first-order chi connectivity index (χ1) is 22.1. The molecule has 0 amide bonds. The molecule has 2 aromatic carbocycles. The van der Waals surface area contributed by atoms with Crippen molar-refractivity contribution in [1.82, 2.24) is 4.98 Å². The van der Waals surface area contributed by atoms with Crippen molar-refractivity contribution in [2.45, 2.75) is 118 Å². The van der Waals surface area contributed by atoms with E-state index in [0.717, 1.165) is 72.5 Å². The number of benzene rings is 2. The highest BCUT2D eigenvalue weighted by atomic mass is 19.1. The maximum absolute atomic E-state index is 13.8. The Labute approximate surface area is 279 Å². The van der Waals surface area contributed by atoms with Crippen molar-refractivity contribution in [3.63, 3.8) is 0 Å². The quantitative estimate of drug-likeness (QED) is 0.236. The van der Waals surface area contributed by atoms with Gasteiger partial charge in [-0.15, -0.1) is 0 Å². The molecular weight excluding hydrogens is 595 g/mol. The van der Waals surface area contributed by atoms with E-state index in [9.17, 15) is 14.3 Å². The van der Waals surface area contributed by atoms with Gasteiger partial charge in [-0.3, -0.25) is 4.98 Å². The third-order valence-electron chi connectivity index (χ3n) is 9.11. The summed E-state index contributed by atoms with van der Waals surface area (Å²) in [5.74, 6) is 0.133. The second-order valence-electron chi connectivity index (χ2n) is 15.1. The number of esters is 1. The summed E-state index contributed by atoms with van der Waals surface area (Å²) in [4.78, 5) is 21.1. The molecular formula is C39H51FN2O5. The van der Waals surface area contributed by atoms with Crippen LogP contribution < -0.4 is 9.64 Å². The second-order valence-corrected chi connectivity index (χ2v) is 15.1. The van der Waals surface area contributed by atoms with E-state index in [4.69, 9.17) is 19.2 Å². The van der Waals surface area contributed by atoms with E-state index >= 15 is 0 Å². The number of fused-ring (bicyclic) bond motifs is 1. The minimum atomic E-state index is -1.01. The molecule has 7 nitrogen and oxygen atoms in total. The molecule has 0 aliphatic carbocycles. The number of anilines is 1. The zero-order valence-electron chi connectivity index (χ0n) is 29.3. The van der Waals surface area contributed by atoms with Crippen LogP contribution in [-0.2, 0) is 33.7 Å². The Morgan fingerprint density at radius 1 is 1.13 bits per heavy atom. The predicted octanol–water partition coefficient (Wildman–Crippen LogP) is 8.06. The minimum absolute atomic E-state index is 0.00556. The van der Waals surface area contributed by atoms with Gasteiger partial charge in [-0.2, -0.15) is 0 Å². The van der Waals surface area contributed by atoms with Crippen LogP contribution in [0.15, 0.2) is 42.5 Å². The standard InChI is InChI=1S/C39H51FN2O5/c1-24(2)45-37(44)36(47-38(4,5)6)33-25(3)41-31(23-43)34(35(33)42-19-17-39(7,8)18-20-42)28-12-16-32-27(22-28)11-15-30(46-32)21-26-9-13-29(40)14-10-26/h9-10,12-14,16,22,24,30,36,43H,11,15,17-21,23H2,1-8H3/t30-,36-/m0/s1. The van der Waals surface area contributed by atoms with E-state index < -0.39 is 17.7 Å². The molecule has 0 radical (unpaired) electrons. The molecule has 3 heterocycles. The van der Waals surface area contributed by atoms with Gasteiger partial charge in [-0.25, -0.2) is 9.18 Å². The van der Waals surface area contributed by atoms with Gasteiger partial charge < -0.3 is 24.2 Å². The average molecular weight is 647 g/mol. The summed E-state index contributed by atoms with van der Waals surface area (Å²) in [5.41, 5.74) is 6.15. The van der Waals surface area contributed by atoms with Crippen molar-refractivity contribution < 1.29 is 28.5 Å². The van der Waals surface area contributed by atoms with E-state index in [1.807, 2.05) is 65.8 Å². The lowest BCUT2D eigenvalue weighted by Gasteiger charge is -2.41. The fourth-order valence-corrected chi connectivity index (χ4v) is 6.66. The molecule has 2 aliphatic rings. The van der Waals surface area contributed by atoms with Gasteiger partial charge in [-0.05, 0) is 114 Å². The number of aliphatic hydroxyl groups excluding tert-OH is 1. The SMILES string of the molecule is Cc1nc(CO)c(-c2ccc3c(c2)CC[C@@H](Cc2ccc(F)cc2)O3)c(N2CCC(C)(C)CC2)c1[C@H](OC(C)(C)C)C(=O)OC(C)C. The average Bonchev–Trinajstić information content (AvgIpc) is 2.99. The number of pyridine rings is 1. The number of carbonyl (C=O) groups excluding carboxylic acids is 1. The highest BCUT2D eigenvalue weighted by Gasteiger charge is 2.38. The molecule has 1 N–H and O–H groups in total. The Morgan fingerprint density at radius 2 is 1.81 bits per heavy atom. The maximum Gasteiger partial charge on any atom is 0.340 e. The van der Waals surface area contributed by atoms with Gasteiger partial charge in [0, 0.05) is 36.3 Å². The van der Waals surface area contributed by atoms with E-state index in [1.54, 1.807) is 0 Å². The van der Waals surface area contributed by atoms with Crippen LogP contribution in [0.4, 0.5) is 10.1 Å². The number of aliphatic hydroxyl groups is 1. The number of hydrogen-bond donors (Lipinski definition) is 1. The Bertz CT molecular complexity index is 1570. The van der Waals surface area contributed by atoms with E-state index in [2.05, 4.69) is 24.8 Å². The van der Waals surface area contributed by atoms with E-state index in [-0.39, 0.29) is 30.0 Å². The van der Waals surface area contributed by atoms with Gasteiger partial charge in [0.1, 0.15) is 17.7 Å². The first kappa shape index (κ1) is 34.8. The third-order valence-corrected chi connectivity index (χ3v) is 9.11. The summed E-state index contributed by atoms with van der Waals surface area (Å²) >= 11 is 0. The molecule has 0 spiro atoms. The van der Waals surface area contributed by atoms with Crippen molar-refractivity contribution in [1.29, 1.82) is 0 Å². The lowest BCUT2D eigenvalue weighted by molar-refractivity contribution is -0.171. The number of halogens is 1. The number of hydrogen-bond acceptors (Lipinski definition) is 7. The molecule has 254 valence electrons.